The van der Waals surface area contributed by atoms with Crippen molar-refractivity contribution in [2.24, 2.45) is 0 Å². The van der Waals surface area contributed by atoms with Gasteiger partial charge in [0, 0.05) is 35.5 Å². The first-order chi connectivity index (χ1) is 16.1. The summed E-state index contributed by atoms with van der Waals surface area (Å²) in [6.45, 7) is 5.40. The van der Waals surface area contributed by atoms with Gasteiger partial charge >= 0.3 is 0 Å². The van der Waals surface area contributed by atoms with E-state index < -0.39 is 0 Å². The molecule has 0 spiro atoms. The maximum Gasteiger partial charge on any atom is 0.255 e. The zero-order valence-electron chi connectivity index (χ0n) is 18.7. The number of rotatable bonds is 6. The van der Waals surface area contributed by atoms with E-state index in [4.69, 9.17) is 9.47 Å². The number of hydrogen-bond donors (Lipinski definition) is 1. The molecule has 1 N–H and O–H groups in total. The highest BCUT2D eigenvalue weighted by Gasteiger charge is 2.19. The number of amides is 1. The Kier molecular flexibility index (Phi) is 5.79. The standard InChI is InChI=1S/C26H26N4O3/c1-17(2)33-21-8-6-18(7-9-21)26(31)29-24-5-3-4-23-22(10-12-27-25(23)24)19-14-28-30(15-19)20-11-13-32-16-20/h3-10,12,14-15,17,20H,11,13,16H2,1-2H3,(H,29,31). The molecule has 0 aliphatic carbocycles. The van der Waals surface area contributed by atoms with Gasteiger partial charge < -0.3 is 14.8 Å². The fourth-order valence-electron chi connectivity index (χ4n) is 4.09. The summed E-state index contributed by atoms with van der Waals surface area (Å²) in [5, 5.41) is 8.52. The number of aromatic nitrogens is 3. The van der Waals surface area contributed by atoms with Gasteiger partial charge in [-0.3, -0.25) is 14.5 Å². The lowest BCUT2D eigenvalue weighted by Crippen LogP contribution is -2.12. The van der Waals surface area contributed by atoms with Gasteiger partial charge in [-0.25, -0.2) is 0 Å². The molecule has 1 aliphatic heterocycles. The van der Waals surface area contributed by atoms with Gasteiger partial charge in [0.15, 0.2) is 0 Å². The first-order valence-electron chi connectivity index (χ1n) is 11.2. The summed E-state index contributed by atoms with van der Waals surface area (Å²) in [5.74, 6) is 0.544. The van der Waals surface area contributed by atoms with Crippen molar-refractivity contribution in [1.82, 2.24) is 14.8 Å². The summed E-state index contributed by atoms with van der Waals surface area (Å²) in [4.78, 5) is 17.5. The molecule has 7 nitrogen and oxygen atoms in total. The van der Waals surface area contributed by atoms with Crippen molar-refractivity contribution < 1.29 is 14.3 Å². The largest absolute Gasteiger partial charge is 0.491 e. The Labute approximate surface area is 192 Å². The van der Waals surface area contributed by atoms with Crippen LogP contribution in [0.4, 0.5) is 5.69 Å². The highest BCUT2D eigenvalue weighted by molar-refractivity contribution is 6.10. The van der Waals surface area contributed by atoms with E-state index in [1.54, 1.807) is 30.5 Å². The van der Waals surface area contributed by atoms with Crippen LogP contribution < -0.4 is 10.1 Å². The van der Waals surface area contributed by atoms with Crippen molar-refractivity contribution in [1.29, 1.82) is 0 Å². The molecule has 0 radical (unpaired) electrons. The molecule has 3 heterocycles. The van der Waals surface area contributed by atoms with Crippen molar-refractivity contribution in [3.05, 3.63) is 72.7 Å². The number of hydrogen-bond acceptors (Lipinski definition) is 5. The second kappa shape index (κ2) is 9.03. The lowest BCUT2D eigenvalue weighted by atomic mass is 10.0. The SMILES string of the molecule is CC(C)Oc1ccc(C(=O)Nc2cccc3c(-c4cnn(C5CCOC5)c4)ccnc23)cc1. The number of nitrogens with zero attached hydrogens (tertiary/aromatic N) is 3. The Hall–Kier alpha value is -3.71. The van der Waals surface area contributed by atoms with Crippen LogP contribution in [0.15, 0.2) is 67.1 Å². The Morgan fingerprint density at radius 1 is 1.18 bits per heavy atom. The van der Waals surface area contributed by atoms with Gasteiger partial charge in [0.25, 0.3) is 5.91 Å². The zero-order chi connectivity index (χ0) is 22.8. The molecular formula is C26H26N4O3. The molecule has 1 saturated heterocycles. The molecule has 168 valence electrons. The first kappa shape index (κ1) is 21.2. The van der Waals surface area contributed by atoms with Crippen LogP contribution in [0, 0.1) is 0 Å². The van der Waals surface area contributed by atoms with Crippen molar-refractivity contribution in [2.75, 3.05) is 18.5 Å². The average Bonchev–Trinajstić information content (AvgIpc) is 3.51. The van der Waals surface area contributed by atoms with Crippen molar-refractivity contribution in [3.8, 4) is 16.9 Å². The Balaban J connectivity index is 1.41. The molecule has 4 aromatic rings. The number of carbonyl (C=O) groups excluding carboxylic acids is 1. The van der Waals surface area contributed by atoms with Crippen LogP contribution in [0.1, 0.15) is 36.7 Å². The van der Waals surface area contributed by atoms with Crippen LogP contribution in [0.25, 0.3) is 22.0 Å². The van der Waals surface area contributed by atoms with E-state index in [-0.39, 0.29) is 18.1 Å². The quantitative estimate of drug-likeness (QED) is 0.450. The number of nitrogens with one attached hydrogen (secondary N) is 1. The summed E-state index contributed by atoms with van der Waals surface area (Å²) in [5.41, 5.74) is 3.99. The van der Waals surface area contributed by atoms with Gasteiger partial charge in [0.1, 0.15) is 5.75 Å². The number of anilines is 1. The highest BCUT2D eigenvalue weighted by atomic mass is 16.5. The predicted molar refractivity (Wildman–Crippen MR) is 128 cm³/mol. The summed E-state index contributed by atoms with van der Waals surface area (Å²) < 4.78 is 13.1. The third-order valence-corrected chi connectivity index (χ3v) is 5.70. The molecule has 1 unspecified atom stereocenters. The zero-order valence-corrected chi connectivity index (χ0v) is 18.7. The third kappa shape index (κ3) is 4.45. The van der Waals surface area contributed by atoms with Crippen LogP contribution in [-0.4, -0.2) is 40.0 Å². The number of benzene rings is 2. The topological polar surface area (TPSA) is 78.3 Å². The lowest BCUT2D eigenvalue weighted by molar-refractivity contribution is 0.102. The number of fused-ring (bicyclic) bond motifs is 1. The van der Waals surface area contributed by atoms with E-state index >= 15 is 0 Å². The number of ether oxygens (including phenoxy) is 2. The van der Waals surface area contributed by atoms with E-state index in [9.17, 15) is 4.79 Å². The van der Waals surface area contributed by atoms with Crippen LogP contribution in [0.2, 0.25) is 0 Å². The van der Waals surface area contributed by atoms with Gasteiger partial charge in [0.2, 0.25) is 0 Å². The second-order valence-corrected chi connectivity index (χ2v) is 8.43. The van der Waals surface area contributed by atoms with Crippen LogP contribution in [0.5, 0.6) is 5.75 Å². The molecule has 0 saturated carbocycles. The van der Waals surface area contributed by atoms with Gasteiger partial charge in [-0.1, -0.05) is 12.1 Å². The molecule has 2 aromatic carbocycles. The van der Waals surface area contributed by atoms with Crippen molar-refractivity contribution in [2.45, 2.75) is 32.4 Å². The monoisotopic (exact) mass is 442 g/mol. The fraction of sp³-hybridized carbons (Fsp3) is 0.269. The number of carbonyl (C=O) groups is 1. The van der Waals surface area contributed by atoms with Crippen LogP contribution >= 0.6 is 0 Å². The maximum absolute atomic E-state index is 12.9. The molecular weight excluding hydrogens is 416 g/mol. The Bertz CT molecular complexity index is 1270. The molecule has 33 heavy (non-hydrogen) atoms. The fourth-order valence-corrected chi connectivity index (χ4v) is 4.09. The normalized spacial score (nSPS) is 15.8. The summed E-state index contributed by atoms with van der Waals surface area (Å²) in [6, 6.07) is 15.2. The number of pyridine rings is 1. The molecule has 2 aromatic heterocycles. The molecule has 1 amide bonds. The predicted octanol–water partition coefficient (Wildman–Crippen LogP) is 5.10. The molecule has 5 rings (SSSR count). The molecule has 1 atom stereocenters. The minimum Gasteiger partial charge on any atom is -0.491 e. The van der Waals surface area contributed by atoms with Crippen molar-refractivity contribution >= 4 is 22.5 Å². The molecule has 7 heteroatoms. The minimum absolute atomic E-state index is 0.0826. The van der Waals surface area contributed by atoms with Crippen molar-refractivity contribution in [3.63, 3.8) is 0 Å². The van der Waals surface area contributed by atoms with Crippen LogP contribution in [0.3, 0.4) is 0 Å². The lowest BCUT2D eigenvalue weighted by Gasteiger charge is -2.12. The van der Waals surface area contributed by atoms with E-state index in [1.807, 2.05) is 49.0 Å². The Morgan fingerprint density at radius 2 is 2.03 bits per heavy atom. The van der Waals surface area contributed by atoms with E-state index in [0.29, 0.717) is 17.9 Å². The summed E-state index contributed by atoms with van der Waals surface area (Å²) in [7, 11) is 0. The molecule has 1 fully saturated rings. The number of para-hydroxylation sites is 1. The van der Waals surface area contributed by atoms with Gasteiger partial charge in [-0.15, -0.1) is 0 Å². The molecule has 0 bridgehead atoms. The van der Waals surface area contributed by atoms with E-state index in [2.05, 4.69) is 21.6 Å². The summed E-state index contributed by atoms with van der Waals surface area (Å²) >= 11 is 0. The van der Waals surface area contributed by atoms with E-state index in [0.717, 1.165) is 40.8 Å². The third-order valence-electron chi connectivity index (χ3n) is 5.70. The van der Waals surface area contributed by atoms with Crippen LogP contribution in [-0.2, 0) is 4.74 Å². The second-order valence-electron chi connectivity index (χ2n) is 8.43. The minimum atomic E-state index is -0.195. The maximum atomic E-state index is 12.9. The molecule has 1 aliphatic rings. The van der Waals surface area contributed by atoms with Gasteiger partial charge in [-0.05, 0) is 62.2 Å². The van der Waals surface area contributed by atoms with E-state index in [1.165, 1.54) is 0 Å². The first-order valence-corrected chi connectivity index (χ1v) is 11.2. The van der Waals surface area contributed by atoms with Gasteiger partial charge in [0.05, 0.1) is 36.2 Å². The summed E-state index contributed by atoms with van der Waals surface area (Å²) in [6.07, 6.45) is 6.75. The Morgan fingerprint density at radius 3 is 2.79 bits per heavy atom. The van der Waals surface area contributed by atoms with Gasteiger partial charge in [-0.2, -0.15) is 5.10 Å². The highest BCUT2D eigenvalue weighted by Crippen LogP contribution is 2.32. The smallest absolute Gasteiger partial charge is 0.255 e. The average molecular weight is 443 g/mol.